The van der Waals surface area contributed by atoms with Crippen LogP contribution in [0, 0.1) is 5.82 Å². The van der Waals surface area contributed by atoms with Gasteiger partial charge in [-0.3, -0.25) is 4.79 Å². The first kappa shape index (κ1) is 18.8. The van der Waals surface area contributed by atoms with Gasteiger partial charge in [0.15, 0.2) is 0 Å². The summed E-state index contributed by atoms with van der Waals surface area (Å²) in [6.45, 7) is 1.40. The van der Waals surface area contributed by atoms with Crippen molar-refractivity contribution in [2.75, 3.05) is 13.2 Å². The second-order valence-electron chi connectivity index (χ2n) is 6.51. The number of nitrogens with zero attached hydrogens (tertiary/aromatic N) is 3. The molecule has 1 aliphatic rings. The fourth-order valence-corrected chi connectivity index (χ4v) is 3.45. The number of amides is 1. The van der Waals surface area contributed by atoms with Crippen molar-refractivity contribution in [3.63, 3.8) is 0 Å². The highest BCUT2D eigenvalue weighted by molar-refractivity contribution is 9.10. The SMILES string of the molecule is O=C(Cn1cccc1-c1nc(-c2ccc(F)c(Br)c2)no1)NCC1CCCO1. The fraction of sp³-hybridized carbons (Fsp3) is 0.316. The molecule has 9 heteroatoms. The molecule has 3 aromatic rings. The Hall–Kier alpha value is -2.52. The largest absolute Gasteiger partial charge is 0.376 e. The Morgan fingerprint density at radius 3 is 3.07 bits per heavy atom. The molecule has 7 nitrogen and oxygen atoms in total. The minimum absolute atomic E-state index is 0.0987. The van der Waals surface area contributed by atoms with E-state index in [1.807, 2.05) is 0 Å². The van der Waals surface area contributed by atoms with Crippen molar-refractivity contribution in [2.45, 2.75) is 25.5 Å². The van der Waals surface area contributed by atoms with Crippen molar-refractivity contribution in [2.24, 2.45) is 0 Å². The summed E-state index contributed by atoms with van der Waals surface area (Å²) in [5, 5.41) is 6.85. The van der Waals surface area contributed by atoms with E-state index < -0.39 is 0 Å². The van der Waals surface area contributed by atoms with E-state index in [4.69, 9.17) is 9.26 Å². The number of rotatable bonds is 6. The molecule has 1 saturated heterocycles. The number of ether oxygens (including phenoxy) is 1. The van der Waals surface area contributed by atoms with Crippen LogP contribution in [-0.2, 0) is 16.1 Å². The van der Waals surface area contributed by atoms with Crippen molar-refractivity contribution >= 4 is 21.8 Å². The van der Waals surface area contributed by atoms with Gasteiger partial charge in [-0.05, 0) is 59.1 Å². The summed E-state index contributed by atoms with van der Waals surface area (Å²) in [5.74, 6) is 0.143. The summed E-state index contributed by atoms with van der Waals surface area (Å²) in [7, 11) is 0. The maximum absolute atomic E-state index is 13.4. The van der Waals surface area contributed by atoms with Crippen LogP contribution in [0.3, 0.4) is 0 Å². The maximum Gasteiger partial charge on any atom is 0.274 e. The molecule has 1 unspecified atom stereocenters. The van der Waals surface area contributed by atoms with Gasteiger partial charge in [0.1, 0.15) is 18.1 Å². The highest BCUT2D eigenvalue weighted by Gasteiger charge is 2.18. The van der Waals surface area contributed by atoms with Crippen LogP contribution in [0.25, 0.3) is 23.0 Å². The fourth-order valence-electron chi connectivity index (χ4n) is 3.07. The van der Waals surface area contributed by atoms with Crippen molar-refractivity contribution in [1.82, 2.24) is 20.0 Å². The predicted octanol–water partition coefficient (Wildman–Crippen LogP) is 3.40. The van der Waals surface area contributed by atoms with E-state index in [0.29, 0.717) is 28.1 Å². The second-order valence-corrected chi connectivity index (χ2v) is 7.37. The zero-order valence-electron chi connectivity index (χ0n) is 14.9. The summed E-state index contributed by atoms with van der Waals surface area (Å²) in [6.07, 6.45) is 3.88. The lowest BCUT2D eigenvalue weighted by atomic mass is 10.2. The lowest BCUT2D eigenvalue weighted by Crippen LogP contribution is -2.34. The van der Waals surface area contributed by atoms with E-state index in [0.717, 1.165) is 19.4 Å². The molecule has 1 N–H and O–H groups in total. The normalized spacial score (nSPS) is 16.4. The summed E-state index contributed by atoms with van der Waals surface area (Å²) in [6, 6.07) is 8.09. The van der Waals surface area contributed by atoms with E-state index in [2.05, 4.69) is 31.4 Å². The Morgan fingerprint density at radius 2 is 2.29 bits per heavy atom. The molecule has 0 radical (unpaired) electrons. The zero-order valence-corrected chi connectivity index (χ0v) is 16.5. The summed E-state index contributed by atoms with van der Waals surface area (Å²) >= 11 is 3.15. The van der Waals surface area contributed by atoms with Gasteiger partial charge in [-0.15, -0.1) is 0 Å². The van der Waals surface area contributed by atoms with Gasteiger partial charge in [0.25, 0.3) is 5.89 Å². The first-order valence-electron chi connectivity index (χ1n) is 8.93. The number of carbonyl (C=O) groups is 1. The van der Waals surface area contributed by atoms with Crippen LogP contribution in [0.5, 0.6) is 0 Å². The first-order chi connectivity index (χ1) is 13.6. The van der Waals surface area contributed by atoms with Crippen LogP contribution in [0.1, 0.15) is 12.8 Å². The molecule has 1 fully saturated rings. The lowest BCUT2D eigenvalue weighted by Gasteiger charge is -2.11. The molecule has 146 valence electrons. The molecule has 0 aliphatic carbocycles. The number of aromatic nitrogens is 3. The quantitative estimate of drug-likeness (QED) is 0.624. The van der Waals surface area contributed by atoms with Crippen LogP contribution < -0.4 is 5.32 Å². The van der Waals surface area contributed by atoms with E-state index >= 15 is 0 Å². The third kappa shape index (κ3) is 4.15. The Labute approximate surface area is 169 Å². The number of benzene rings is 1. The Kier molecular flexibility index (Phi) is 5.54. The van der Waals surface area contributed by atoms with Gasteiger partial charge in [0.2, 0.25) is 11.7 Å². The minimum atomic E-state index is -0.365. The minimum Gasteiger partial charge on any atom is -0.376 e. The van der Waals surface area contributed by atoms with Crippen LogP contribution in [0.4, 0.5) is 4.39 Å². The molecule has 4 rings (SSSR count). The van der Waals surface area contributed by atoms with Crippen molar-refractivity contribution in [1.29, 1.82) is 0 Å². The molecule has 0 saturated carbocycles. The van der Waals surface area contributed by atoms with Gasteiger partial charge in [-0.2, -0.15) is 4.98 Å². The number of hydrogen-bond acceptors (Lipinski definition) is 5. The zero-order chi connectivity index (χ0) is 19.5. The average molecular weight is 449 g/mol. The van der Waals surface area contributed by atoms with E-state index in [-0.39, 0.29) is 30.3 Å². The molecular weight excluding hydrogens is 431 g/mol. The van der Waals surface area contributed by atoms with E-state index in [1.165, 1.54) is 6.07 Å². The number of halogens is 2. The summed E-state index contributed by atoms with van der Waals surface area (Å²) < 4.78 is 26.3. The van der Waals surface area contributed by atoms with Gasteiger partial charge in [0, 0.05) is 24.9 Å². The van der Waals surface area contributed by atoms with Crippen molar-refractivity contribution in [3.8, 4) is 23.0 Å². The topological polar surface area (TPSA) is 82.2 Å². The van der Waals surface area contributed by atoms with Gasteiger partial charge in [0.05, 0.1) is 10.6 Å². The molecule has 0 spiro atoms. The first-order valence-corrected chi connectivity index (χ1v) is 9.72. The van der Waals surface area contributed by atoms with Crippen LogP contribution in [0.2, 0.25) is 0 Å². The smallest absolute Gasteiger partial charge is 0.274 e. The predicted molar refractivity (Wildman–Crippen MR) is 103 cm³/mol. The molecule has 1 amide bonds. The standard InChI is InChI=1S/C19H18BrFN4O3/c20-14-9-12(5-6-15(14)21)18-23-19(28-24-18)16-4-1-7-25(16)11-17(26)22-10-13-3-2-8-27-13/h1,4-7,9,13H,2-3,8,10-11H2,(H,22,26). The van der Waals surface area contributed by atoms with E-state index in [1.54, 1.807) is 35.0 Å². The molecule has 1 aliphatic heterocycles. The Balaban J connectivity index is 1.45. The van der Waals surface area contributed by atoms with Gasteiger partial charge in [-0.1, -0.05) is 5.16 Å². The molecular formula is C19H18BrFN4O3. The summed E-state index contributed by atoms with van der Waals surface area (Å²) in [5.41, 5.74) is 1.25. The molecule has 28 heavy (non-hydrogen) atoms. The molecule has 0 bridgehead atoms. The number of carbonyl (C=O) groups excluding carboxylic acids is 1. The average Bonchev–Trinajstić information content (AvgIpc) is 3.43. The van der Waals surface area contributed by atoms with Crippen molar-refractivity contribution < 1.29 is 18.4 Å². The Bertz CT molecular complexity index is 981. The third-order valence-electron chi connectivity index (χ3n) is 4.52. The highest BCUT2D eigenvalue weighted by Crippen LogP contribution is 2.26. The summed E-state index contributed by atoms with van der Waals surface area (Å²) in [4.78, 5) is 16.6. The third-order valence-corrected chi connectivity index (χ3v) is 5.13. The lowest BCUT2D eigenvalue weighted by molar-refractivity contribution is -0.122. The highest BCUT2D eigenvalue weighted by atomic mass is 79.9. The number of nitrogens with one attached hydrogen (secondary N) is 1. The molecule has 2 aromatic heterocycles. The number of hydrogen-bond donors (Lipinski definition) is 1. The van der Waals surface area contributed by atoms with Gasteiger partial charge >= 0.3 is 0 Å². The molecule has 3 heterocycles. The Morgan fingerprint density at radius 1 is 1.39 bits per heavy atom. The molecule has 1 aromatic carbocycles. The molecule has 1 atom stereocenters. The maximum atomic E-state index is 13.4. The van der Waals surface area contributed by atoms with Crippen LogP contribution in [0.15, 0.2) is 45.5 Å². The van der Waals surface area contributed by atoms with Gasteiger partial charge < -0.3 is 19.1 Å². The van der Waals surface area contributed by atoms with Crippen LogP contribution >= 0.6 is 15.9 Å². The van der Waals surface area contributed by atoms with Crippen LogP contribution in [-0.4, -0.2) is 39.9 Å². The van der Waals surface area contributed by atoms with Gasteiger partial charge in [-0.25, -0.2) is 4.39 Å². The second kappa shape index (κ2) is 8.24. The van der Waals surface area contributed by atoms with Crippen molar-refractivity contribution in [3.05, 3.63) is 46.8 Å². The monoisotopic (exact) mass is 448 g/mol. The van der Waals surface area contributed by atoms with E-state index in [9.17, 15) is 9.18 Å².